The maximum absolute atomic E-state index is 13.6. The van der Waals surface area contributed by atoms with Crippen molar-refractivity contribution in [2.24, 2.45) is 0 Å². The molecule has 0 unspecified atom stereocenters. The van der Waals surface area contributed by atoms with Gasteiger partial charge in [-0.3, -0.25) is 4.79 Å². The lowest BCUT2D eigenvalue weighted by atomic mass is 10.0. The summed E-state index contributed by atoms with van der Waals surface area (Å²) in [6.07, 6.45) is 0. The standard InChI is InChI=1S/C17H14FNO2/c1-10-15(11-6-4-3-5-7-11)19-16-13(17(10)20)8-12(18)9-14(16)21-2/h3-9H,1-2H3,(H,19,20). The average Bonchev–Trinajstić information content (AvgIpc) is 2.51. The van der Waals surface area contributed by atoms with Crippen LogP contribution in [0.15, 0.2) is 47.3 Å². The number of rotatable bonds is 2. The summed E-state index contributed by atoms with van der Waals surface area (Å²) in [6.45, 7) is 1.73. The molecule has 0 radical (unpaired) electrons. The molecule has 3 rings (SSSR count). The first-order chi connectivity index (χ1) is 10.1. The first-order valence-electron chi connectivity index (χ1n) is 6.57. The number of fused-ring (bicyclic) bond motifs is 1. The number of halogens is 1. The molecule has 0 aliphatic rings. The summed E-state index contributed by atoms with van der Waals surface area (Å²) >= 11 is 0. The van der Waals surface area contributed by atoms with E-state index >= 15 is 0 Å². The summed E-state index contributed by atoms with van der Waals surface area (Å²) in [5, 5.41) is 0.295. The van der Waals surface area contributed by atoms with Crippen LogP contribution in [0.2, 0.25) is 0 Å². The number of H-pyrrole nitrogens is 1. The van der Waals surface area contributed by atoms with Gasteiger partial charge in [0.15, 0.2) is 5.43 Å². The maximum atomic E-state index is 13.6. The molecule has 1 heterocycles. The highest BCUT2D eigenvalue weighted by atomic mass is 19.1. The molecule has 0 aliphatic heterocycles. The normalized spacial score (nSPS) is 10.8. The van der Waals surface area contributed by atoms with E-state index in [-0.39, 0.29) is 5.43 Å². The fourth-order valence-electron chi connectivity index (χ4n) is 2.48. The number of methoxy groups -OCH3 is 1. The van der Waals surface area contributed by atoms with Crippen LogP contribution < -0.4 is 10.2 Å². The Hall–Kier alpha value is -2.62. The van der Waals surface area contributed by atoms with E-state index in [9.17, 15) is 9.18 Å². The molecular formula is C17H14FNO2. The lowest BCUT2D eigenvalue weighted by Crippen LogP contribution is -2.10. The Balaban J connectivity index is 2.42. The van der Waals surface area contributed by atoms with Gasteiger partial charge in [0.05, 0.1) is 23.7 Å². The summed E-state index contributed by atoms with van der Waals surface area (Å²) < 4.78 is 18.8. The van der Waals surface area contributed by atoms with Crippen molar-refractivity contribution in [3.63, 3.8) is 0 Å². The van der Waals surface area contributed by atoms with Crippen molar-refractivity contribution in [1.29, 1.82) is 0 Å². The van der Waals surface area contributed by atoms with E-state index < -0.39 is 5.82 Å². The molecule has 0 fully saturated rings. The molecule has 4 heteroatoms. The van der Waals surface area contributed by atoms with Gasteiger partial charge in [0, 0.05) is 11.6 Å². The Labute approximate surface area is 121 Å². The van der Waals surface area contributed by atoms with Gasteiger partial charge in [0.2, 0.25) is 0 Å². The molecule has 3 nitrogen and oxygen atoms in total. The Bertz CT molecular complexity index is 869. The molecule has 0 saturated heterocycles. The van der Waals surface area contributed by atoms with Gasteiger partial charge in [-0.25, -0.2) is 4.39 Å². The van der Waals surface area contributed by atoms with E-state index in [4.69, 9.17) is 4.74 Å². The van der Waals surface area contributed by atoms with Crippen LogP contribution in [0.4, 0.5) is 4.39 Å². The van der Waals surface area contributed by atoms with E-state index in [0.29, 0.717) is 22.2 Å². The van der Waals surface area contributed by atoms with Crippen LogP contribution in [0.3, 0.4) is 0 Å². The quantitative estimate of drug-likeness (QED) is 0.780. The third kappa shape index (κ3) is 2.18. The smallest absolute Gasteiger partial charge is 0.193 e. The Morgan fingerprint density at radius 2 is 1.86 bits per heavy atom. The second-order valence-corrected chi connectivity index (χ2v) is 4.85. The largest absolute Gasteiger partial charge is 0.494 e. The number of aromatic amines is 1. The maximum Gasteiger partial charge on any atom is 0.193 e. The van der Waals surface area contributed by atoms with Crippen LogP contribution in [0.1, 0.15) is 5.56 Å². The molecule has 1 aromatic heterocycles. The minimum absolute atomic E-state index is 0.194. The molecule has 0 saturated carbocycles. The SMILES string of the molecule is COc1cc(F)cc2c(=O)c(C)c(-c3ccccc3)[nH]c12. The highest BCUT2D eigenvalue weighted by Crippen LogP contribution is 2.28. The molecule has 0 atom stereocenters. The van der Waals surface area contributed by atoms with E-state index in [2.05, 4.69) is 4.98 Å². The van der Waals surface area contributed by atoms with Crippen LogP contribution in [-0.4, -0.2) is 12.1 Å². The van der Waals surface area contributed by atoms with E-state index in [1.54, 1.807) is 6.92 Å². The van der Waals surface area contributed by atoms with Gasteiger partial charge in [0.25, 0.3) is 0 Å². The summed E-state index contributed by atoms with van der Waals surface area (Å²) in [5.41, 5.74) is 2.49. The first kappa shape index (κ1) is 13.4. The first-order valence-corrected chi connectivity index (χ1v) is 6.57. The Morgan fingerprint density at radius 1 is 1.14 bits per heavy atom. The molecule has 21 heavy (non-hydrogen) atoms. The van der Waals surface area contributed by atoms with Gasteiger partial charge in [-0.15, -0.1) is 0 Å². The van der Waals surface area contributed by atoms with Gasteiger partial charge >= 0.3 is 0 Å². The average molecular weight is 283 g/mol. The molecule has 0 aliphatic carbocycles. The highest BCUT2D eigenvalue weighted by Gasteiger charge is 2.14. The third-order valence-corrected chi connectivity index (χ3v) is 3.56. The highest BCUT2D eigenvalue weighted by molar-refractivity contribution is 5.88. The monoisotopic (exact) mass is 283 g/mol. The Morgan fingerprint density at radius 3 is 2.52 bits per heavy atom. The molecule has 2 aromatic carbocycles. The summed E-state index contributed by atoms with van der Waals surface area (Å²) in [7, 11) is 1.45. The molecule has 0 amide bonds. The zero-order chi connectivity index (χ0) is 15.0. The fourth-order valence-corrected chi connectivity index (χ4v) is 2.48. The molecular weight excluding hydrogens is 269 g/mol. The summed E-state index contributed by atoms with van der Waals surface area (Å²) in [6, 6.07) is 12.0. The third-order valence-electron chi connectivity index (χ3n) is 3.56. The van der Waals surface area contributed by atoms with Gasteiger partial charge in [-0.2, -0.15) is 0 Å². The van der Waals surface area contributed by atoms with Gasteiger partial charge < -0.3 is 9.72 Å². The van der Waals surface area contributed by atoms with Crippen LogP contribution in [0.5, 0.6) is 5.75 Å². The van der Waals surface area contributed by atoms with Crippen molar-refractivity contribution < 1.29 is 9.13 Å². The number of nitrogens with one attached hydrogen (secondary N) is 1. The van der Waals surface area contributed by atoms with Crippen LogP contribution in [0, 0.1) is 12.7 Å². The minimum Gasteiger partial charge on any atom is -0.494 e. The summed E-state index contributed by atoms with van der Waals surface area (Å²) in [4.78, 5) is 15.7. The second kappa shape index (κ2) is 5.05. The van der Waals surface area contributed by atoms with Gasteiger partial charge in [-0.05, 0) is 18.6 Å². The minimum atomic E-state index is -0.489. The predicted molar refractivity (Wildman–Crippen MR) is 81.3 cm³/mol. The van der Waals surface area contributed by atoms with Crippen molar-refractivity contribution in [1.82, 2.24) is 4.98 Å². The van der Waals surface area contributed by atoms with E-state index in [1.165, 1.54) is 19.2 Å². The number of hydrogen-bond acceptors (Lipinski definition) is 2. The van der Waals surface area contributed by atoms with Crippen molar-refractivity contribution in [3.05, 3.63) is 64.1 Å². The van der Waals surface area contributed by atoms with Crippen molar-refractivity contribution in [2.45, 2.75) is 6.92 Å². The number of aromatic nitrogens is 1. The molecule has 0 spiro atoms. The van der Waals surface area contributed by atoms with Crippen LogP contribution in [0.25, 0.3) is 22.2 Å². The van der Waals surface area contributed by atoms with Gasteiger partial charge in [0.1, 0.15) is 11.6 Å². The molecule has 1 N–H and O–H groups in total. The lowest BCUT2D eigenvalue weighted by molar-refractivity contribution is 0.415. The predicted octanol–water partition coefficient (Wildman–Crippen LogP) is 3.65. The number of hydrogen-bond donors (Lipinski definition) is 1. The van der Waals surface area contributed by atoms with Crippen molar-refractivity contribution in [2.75, 3.05) is 7.11 Å². The van der Waals surface area contributed by atoms with E-state index in [0.717, 1.165) is 11.3 Å². The Kier molecular flexibility index (Phi) is 3.22. The topological polar surface area (TPSA) is 42.1 Å². The second-order valence-electron chi connectivity index (χ2n) is 4.85. The number of ether oxygens (including phenoxy) is 1. The number of pyridine rings is 1. The fraction of sp³-hybridized carbons (Fsp3) is 0.118. The summed E-state index contributed by atoms with van der Waals surface area (Å²) in [5.74, 6) is -0.170. The van der Waals surface area contributed by atoms with Crippen LogP contribution in [-0.2, 0) is 0 Å². The van der Waals surface area contributed by atoms with Crippen molar-refractivity contribution in [3.8, 4) is 17.0 Å². The lowest BCUT2D eigenvalue weighted by Gasteiger charge is -2.11. The zero-order valence-electron chi connectivity index (χ0n) is 11.7. The van der Waals surface area contributed by atoms with Crippen molar-refractivity contribution >= 4 is 10.9 Å². The number of benzene rings is 2. The van der Waals surface area contributed by atoms with E-state index in [1.807, 2.05) is 30.3 Å². The molecule has 106 valence electrons. The molecule has 3 aromatic rings. The zero-order valence-corrected chi connectivity index (χ0v) is 11.7. The van der Waals surface area contributed by atoms with Crippen LogP contribution >= 0.6 is 0 Å². The van der Waals surface area contributed by atoms with Gasteiger partial charge in [-0.1, -0.05) is 30.3 Å². The molecule has 0 bridgehead atoms.